The molecule has 1 amide bonds. The van der Waals surface area contributed by atoms with Crippen LogP contribution in [-0.2, 0) is 11.2 Å². The van der Waals surface area contributed by atoms with Gasteiger partial charge in [-0.3, -0.25) is 9.79 Å². The highest BCUT2D eigenvalue weighted by atomic mass is 16.5. The minimum atomic E-state index is 0.142. The fourth-order valence-corrected chi connectivity index (χ4v) is 3.37. The Morgan fingerprint density at radius 1 is 1.35 bits per heavy atom. The quantitative estimate of drug-likeness (QED) is 0.444. The number of nitrogens with one attached hydrogen (secondary N) is 2. The average molecular weight is 361 g/mol. The SMILES string of the molecule is CN=C(NCCCc1cccc(OC)c1)N1CCC(CC(=O)NC)CC1. The molecule has 0 aliphatic carbocycles. The number of hydrogen-bond acceptors (Lipinski definition) is 3. The second kappa shape index (κ2) is 10.7. The van der Waals surface area contributed by atoms with Gasteiger partial charge < -0.3 is 20.3 Å². The summed E-state index contributed by atoms with van der Waals surface area (Å²) in [6, 6.07) is 8.22. The number of ether oxygens (including phenoxy) is 1. The molecule has 1 aliphatic rings. The highest BCUT2D eigenvalue weighted by Gasteiger charge is 2.22. The molecular formula is C20H32N4O2. The number of amides is 1. The van der Waals surface area contributed by atoms with E-state index in [0.717, 1.165) is 57.0 Å². The number of hydrogen-bond donors (Lipinski definition) is 2. The van der Waals surface area contributed by atoms with Gasteiger partial charge >= 0.3 is 0 Å². The van der Waals surface area contributed by atoms with Gasteiger partial charge in [-0.05, 0) is 49.3 Å². The molecule has 0 aromatic heterocycles. The smallest absolute Gasteiger partial charge is 0.220 e. The molecule has 26 heavy (non-hydrogen) atoms. The molecule has 1 heterocycles. The summed E-state index contributed by atoms with van der Waals surface area (Å²) in [5.74, 6) is 2.50. The van der Waals surface area contributed by atoms with Gasteiger partial charge in [0.1, 0.15) is 5.75 Å². The third kappa shape index (κ3) is 6.24. The summed E-state index contributed by atoms with van der Waals surface area (Å²) in [6.07, 6.45) is 4.77. The zero-order valence-electron chi connectivity index (χ0n) is 16.3. The monoisotopic (exact) mass is 360 g/mol. The van der Waals surface area contributed by atoms with E-state index in [0.29, 0.717) is 12.3 Å². The topological polar surface area (TPSA) is 66.0 Å². The number of aliphatic imine (C=N–C) groups is 1. The predicted octanol–water partition coefficient (Wildman–Crippen LogP) is 2.05. The molecular weight excluding hydrogens is 328 g/mol. The molecule has 1 aromatic carbocycles. The number of rotatable bonds is 7. The molecule has 1 saturated heterocycles. The van der Waals surface area contributed by atoms with Crippen molar-refractivity contribution in [3.8, 4) is 5.75 Å². The van der Waals surface area contributed by atoms with E-state index in [2.05, 4.69) is 32.7 Å². The maximum Gasteiger partial charge on any atom is 0.220 e. The van der Waals surface area contributed by atoms with Crippen LogP contribution in [-0.4, -0.2) is 57.6 Å². The summed E-state index contributed by atoms with van der Waals surface area (Å²) < 4.78 is 5.27. The number of piperidine rings is 1. The van der Waals surface area contributed by atoms with Crippen LogP contribution in [0.25, 0.3) is 0 Å². The van der Waals surface area contributed by atoms with Crippen LogP contribution >= 0.6 is 0 Å². The average Bonchev–Trinajstić information content (AvgIpc) is 2.69. The standard InChI is InChI=1S/C20H32N4O2/c1-21-19(25)15-17-9-12-24(13-10-17)20(22-2)23-11-5-7-16-6-4-8-18(14-16)26-3/h4,6,8,14,17H,5,7,9-13,15H2,1-3H3,(H,21,25)(H,22,23). The second-order valence-corrected chi connectivity index (χ2v) is 6.74. The van der Waals surface area contributed by atoms with Crippen molar-refractivity contribution in [3.05, 3.63) is 29.8 Å². The van der Waals surface area contributed by atoms with E-state index in [9.17, 15) is 4.79 Å². The number of carbonyl (C=O) groups excluding carboxylic acids is 1. The second-order valence-electron chi connectivity index (χ2n) is 6.74. The van der Waals surface area contributed by atoms with Crippen LogP contribution in [0.2, 0.25) is 0 Å². The molecule has 6 heteroatoms. The van der Waals surface area contributed by atoms with Gasteiger partial charge in [0.05, 0.1) is 7.11 Å². The van der Waals surface area contributed by atoms with Crippen LogP contribution in [0, 0.1) is 5.92 Å². The first-order valence-electron chi connectivity index (χ1n) is 9.45. The Morgan fingerprint density at radius 2 is 2.12 bits per heavy atom. The molecule has 2 N–H and O–H groups in total. The van der Waals surface area contributed by atoms with Crippen LogP contribution < -0.4 is 15.4 Å². The first kappa shape index (κ1) is 20.1. The Morgan fingerprint density at radius 3 is 2.77 bits per heavy atom. The predicted molar refractivity (Wildman–Crippen MR) is 106 cm³/mol. The van der Waals surface area contributed by atoms with Gasteiger partial charge in [-0.25, -0.2) is 0 Å². The third-order valence-corrected chi connectivity index (χ3v) is 4.94. The number of guanidine groups is 1. The van der Waals surface area contributed by atoms with E-state index < -0.39 is 0 Å². The summed E-state index contributed by atoms with van der Waals surface area (Å²) in [6.45, 7) is 2.80. The lowest BCUT2D eigenvalue weighted by atomic mass is 9.93. The molecule has 2 rings (SSSR count). The van der Waals surface area contributed by atoms with E-state index in [1.807, 2.05) is 19.2 Å². The number of methoxy groups -OCH3 is 1. The normalized spacial score (nSPS) is 15.7. The Hall–Kier alpha value is -2.24. The molecule has 144 valence electrons. The Kier molecular flexibility index (Phi) is 8.25. The van der Waals surface area contributed by atoms with Crippen molar-refractivity contribution in [2.75, 3.05) is 40.8 Å². The minimum absolute atomic E-state index is 0.142. The molecule has 1 aromatic rings. The fourth-order valence-electron chi connectivity index (χ4n) is 3.37. The van der Waals surface area contributed by atoms with Crippen molar-refractivity contribution in [1.29, 1.82) is 0 Å². The van der Waals surface area contributed by atoms with Crippen molar-refractivity contribution >= 4 is 11.9 Å². The summed E-state index contributed by atoms with van der Waals surface area (Å²) in [7, 11) is 5.23. The minimum Gasteiger partial charge on any atom is -0.497 e. The summed E-state index contributed by atoms with van der Waals surface area (Å²) in [5.41, 5.74) is 1.29. The van der Waals surface area contributed by atoms with Gasteiger partial charge in [0.25, 0.3) is 0 Å². The number of aryl methyl sites for hydroxylation is 1. The number of benzene rings is 1. The third-order valence-electron chi connectivity index (χ3n) is 4.94. The van der Waals surface area contributed by atoms with Crippen LogP contribution in [0.1, 0.15) is 31.2 Å². The molecule has 0 radical (unpaired) electrons. The molecule has 0 spiro atoms. The summed E-state index contributed by atoms with van der Waals surface area (Å²) >= 11 is 0. The zero-order valence-corrected chi connectivity index (χ0v) is 16.3. The molecule has 0 atom stereocenters. The van der Waals surface area contributed by atoms with Crippen molar-refractivity contribution in [2.45, 2.75) is 32.1 Å². The molecule has 0 saturated carbocycles. The maximum absolute atomic E-state index is 11.5. The lowest BCUT2D eigenvalue weighted by Crippen LogP contribution is -2.46. The van der Waals surface area contributed by atoms with Gasteiger partial charge in [0.15, 0.2) is 5.96 Å². The highest BCUT2D eigenvalue weighted by molar-refractivity contribution is 5.80. The molecule has 6 nitrogen and oxygen atoms in total. The Balaban J connectivity index is 1.70. The van der Waals surface area contributed by atoms with Crippen LogP contribution in [0.3, 0.4) is 0 Å². The first-order chi connectivity index (χ1) is 12.7. The molecule has 0 unspecified atom stereocenters. The Labute approximate surface area is 157 Å². The number of likely N-dealkylation sites (tertiary alicyclic amines) is 1. The van der Waals surface area contributed by atoms with Gasteiger partial charge in [-0.15, -0.1) is 0 Å². The van der Waals surface area contributed by atoms with E-state index in [-0.39, 0.29) is 5.91 Å². The van der Waals surface area contributed by atoms with E-state index in [1.165, 1.54) is 5.56 Å². The van der Waals surface area contributed by atoms with Gasteiger partial charge in [0, 0.05) is 40.2 Å². The molecule has 1 aliphatic heterocycles. The van der Waals surface area contributed by atoms with Crippen LogP contribution in [0.15, 0.2) is 29.3 Å². The Bertz CT molecular complexity index is 595. The largest absolute Gasteiger partial charge is 0.497 e. The van der Waals surface area contributed by atoms with Crippen molar-refractivity contribution in [2.24, 2.45) is 10.9 Å². The number of carbonyl (C=O) groups is 1. The lowest BCUT2D eigenvalue weighted by Gasteiger charge is -2.34. The van der Waals surface area contributed by atoms with E-state index in [4.69, 9.17) is 4.74 Å². The van der Waals surface area contributed by atoms with Crippen LogP contribution in [0.5, 0.6) is 5.75 Å². The van der Waals surface area contributed by atoms with Crippen molar-refractivity contribution in [3.63, 3.8) is 0 Å². The highest BCUT2D eigenvalue weighted by Crippen LogP contribution is 2.20. The van der Waals surface area contributed by atoms with E-state index in [1.54, 1.807) is 14.2 Å². The van der Waals surface area contributed by atoms with Gasteiger partial charge in [-0.2, -0.15) is 0 Å². The van der Waals surface area contributed by atoms with Gasteiger partial charge in [-0.1, -0.05) is 12.1 Å². The van der Waals surface area contributed by atoms with E-state index >= 15 is 0 Å². The van der Waals surface area contributed by atoms with Crippen LogP contribution in [0.4, 0.5) is 0 Å². The lowest BCUT2D eigenvalue weighted by molar-refractivity contribution is -0.121. The molecule has 0 bridgehead atoms. The molecule has 1 fully saturated rings. The summed E-state index contributed by atoms with van der Waals surface area (Å²) in [5, 5.41) is 6.19. The first-order valence-corrected chi connectivity index (χ1v) is 9.45. The van der Waals surface area contributed by atoms with Crippen molar-refractivity contribution < 1.29 is 9.53 Å². The van der Waals surface area contributed by atoms with Crippen molar-refractivity contribution in [1.82, 2.24) is 15.5 Å². The fraction of sp³-hybridized carbons (Fsp3) is 0.600. The van der Waals surface area contributed by atoms with Gasteiger partial charge in [0.2, 0.25) is 5.91 Å². The number of nitrogens with zero attached hydrogens (tertiary/aromatic N) is 2. The maximum atomic E-state index is 11.5. The summed E-state index contributed by atoms with van der Waals surface area (Å²) in [4.78, 5) is 18.2. The zero-order chi connectivity index (χ0) is 18.8.